The Morgan fingerprint density at radius 2 is 2.26 bits per heavy atom. The van der Waals surface area contributed by atoms with Crippen molar-refractivity contribution in [2.45, 2.75) is 32.7 Å². The summed E-state index contributed by atoms with van der Waals surface area (Å²) in [7, 11) is 0. The molecule has 1 unspecified atom stereocenters. The summed E-state index contributed by atoms with van der Waals surface area (Å²) in [5, 5.41) is 0. The van der Waals surface area contributed by atoms with Crippen LogP contribution in [0.2, 0.25) is 0 Å². The van der Waals surface area contributed by atoms with Crippen LogP contribution in [0.1, 0.15) is 30.5 Å². The van der Waals surface area contributed by atoms with E-state index in [1.807, 2.05) is 19.1 Å². The molecule has 1 fully saturated rings. The van der Waals surface area contributed by atoms with Crippen molar-refractivity contribution in [1.29, 1.82) is 0 Å². The minimum atomic E-state index is -0.000724. The highest BCUT2D eigenvalue weighted by molar-refractivity contribution is 5.85. The number of halogens is 1. The second kappa shape index (κ2) is 7.90. The molecule has 0 radical (unpaired) electrons. The first kappa shape index (κ1) is 17.9. The summed E-state index contributed by atoms with van der Waals surface area (Å²) in [4.78, 5) is 19.3. The maximum absolute atomic E-state index is 12.2. The van der Waals surface area contributed by atoms with Crippen molar-refractivity contribution in [3.63, 3.8) is 0 Å². The molecule has 5 nitrogen and oxygen atoms in total. The molecular weight excluding hydrogens is 312 g/mol. The van der Waals surface area contributed by atoms with Crippen molar-refractivity contribution in [1.82, 2.24) is 14.3 Å². The Balaban J connectivity index is 0.00000192. The molecule has 0 saturated carbocycles. The first-order valence-electron chi connectivity index (χ1n) is 8.07. The quantitative estimate of drug-likeness (QED) is 0.927. The molecule has 1 aliphatic rings. The van der Waals surface area contributed by atoms with Gasteiger partial charge in [0.15, 0.2) is 0 Å². The van der Waals surface area contributed by atoms with Crippen LogP contribution in [0.3, 0.4) is 0 Å². The van der Waals surface area contributed by atoms with Gasteiger partial charge >= 0.3 is 0 Å². The lowest BCUT2D eigenvalue weighted by Crippen LogP contribution is -2.36. The molecule has 0 bridgehead atoms. The van der Waals surface area contributed by atoms with Crippen LogP contribution in [-0.4, -0.2) is 33.9 Å². The first-order valence-corrected chi connectivity index (χ1v) is 8.07. The van der Waals surface area contributed by atoms with E-state index >= 15 is 0 Å². The smallest absolute Gasteiger partial charge is 0.258 e. The molecule has 3 heterocycles. The van der Waals surface area contributed by atoms with E-state index in [1.54, 1.807) is 16.7 Å². The molecule has 6 heteroatoms. The number of fused-ring (bicyclic) bond motifs is 1. The van der Waals surface area contributed by atoms with Crippen molar-refractivity contribution in [2.24, 2.45) is 11.7 Å². The predicted octanol–water partition coefficient (Wildman–Crippen LogP) is 1.99. The van der Waals surface area contributed by atoms with Crippen LogP contribution in [0.4, 0.5) is 0 Å². The third-order valence-corrected chi connectivity index (χ3v) is 4.50. The van der Waals surface area contributed by atoms with Crippen LogP contribution in [0.15, 0.2) is 29.2 Å². The summed E-state index contributed by atoms with van der Waals surface area (Å²) < 4.78 is 1.62. The number of pyridine rings is 1. The fourth-order valence-electron chi connectivity index (χ4n) is 3.39. The normalized spacial score (nSPS) is 18.8. The number of aryl methyl sites for hydroxylation is 1. The van der Waals surface area contributed by atoms with Crippen LogP contribution in [0, 0.1) is 12.8 Å². The van der Waals surface area contributed by atoms with Gasteiger partial charge in [-0.25, -0.2) is 4.98 Å². The van der Waals surface area contributed by atoms with Gasteiger partial charge in [-0.05, 0) is 56.8 Å². The van der Waals surface area contributed by atoms with E-state index in [9.17, 15) is 4.79 Å². The van der Waals surface area contributed by atoms with Gasteiger partial charge in [0.05, 0.1) is 5.69 Å². The van der Waals surface area contributed by atoms with E-state index in [4.69, 9.17) is 10.7 Å². The van der Waals surface area contributed by atoms with Gasteiger partial charge in [0.1, 0.15) is 5.65 Å². The zero-order valence-electron chi connectivity index (χ0n) is 13.6. The molecule has 0 aliphatic carbocycles. The number of aromatic nitrogens is 2. The molecule has 23 heavy (non-hydrogen) atoms. The van der Waals surface area contributed by atoms with Crippen LogP contribution in [0.5, 0.6) is 0 Å². The van der Waals surface area contributed by atoms with Crippen molar-refractivity contribution in [2.75, 3.05) is 19.6 Å². The summed E-state index contributed by atoms with van der Waals surface area (Å²) >= 11 is 0. The summed E-state index contributed by atoms with van der Waals surface area (Å²) in [6.07, 6.45) is 5.33. The molecule has 1 saturated heterocycles. The van der Waals surface area contributed by atoms with E-state index in [1.165, 1.54) is 12.8 Å². The Morgan fingerprint density at radius 1 is 1.43 bits per heavy atom. The molecular formula is C17H25ClN4O. The average Bonchev–Trinajstić information content (AvgIpc) is 2.49. The Bertz CT molecular complexity index is 713. The topological polar surface area (TPSA) is 63.6 Å². The fourth-order valence-corrected chi connectivity index (χ4v) is 3.39. The van der Waals surface area contributed by atoms with Gasteiger partial charge in [-0.15, -0.1) is 12.4 Å². The number of nitrogens with two attached hydrogens (primary N) is 1. The summed E-state index contributed by atoms with van der Waals surface area (Å²) in [5.41, 5.74) is 8.34. The molecule has 1 aliphatic heterocycles. The molecule has 3 rings (SSSR count). The number of rotatable bonds is 4. The summed E-state index contributed by atoms with van der Waals surface area (Å²) in [5.74, 6) is 0.682. The molecule has 0 amide bonds. The van der Waals surface area contributed by atoms with Crippen LogP contribution in [-0.2, 0) is 6.54 Å². The monoisotopic (exact) mass is 336 g/mol. The van der Waals surface area contributed by atoms with Gasteiger partial charge in [0, 0.05) is 25.4 Å². The zero-order valence-corrected chi connectivity index (χ0v) is 14.4. The highest BCUT2D eigenvalue weighted by Gasteiger charge is 2.20. The first-order chi connectivity index (χ1) is 10.7. The largest absolute Gasteiger partial charge is 0.330 e. The molecule has 1 atom stereocenters. The molecule has 0 spiro atoms. The Hall–Kier alpha value is -1.43. The Kier molecular flexibility index (Phi) is 6.16. The minimum Gasteiger partial charge on any atom is -0.330 e. The van der Waals surface area contributed by atoms with E-state index in [0.717, 1.165) is 49.5 Å². The highest BCUT2D eigenvalue weighted by atomic mass is 35.5. The maximum atomic E-state index is 12.2. The Morgan fingerprint density at radius 3 is 3.04 bits per heavy atom. The Labute approximate surface area is 142 Å². The number of piperidine rings is 1. The predicted molar refractivity (Wildman–Crippen MR) is 95.1 cm³/mol. The van der Waals surface area contributed by atoms with E-state index < -0.39 is 0 Å². The molecule has 2 aromatic rings. The average molecular weight is 337 g/mol. The van der Waals surface area contributed by atoms with Gasteiger partial charge in [0.2, 0.25) is 0 Å². The van der Waals surface area contributed by atoms with Gasteiger partial charge in [-0.3, -0.25) is 14.1 Å². The lowest BCUT2D eigenvalue weighted by molar-refractivity contribution is 0.161. The molecule has 0 aromatic carbocycles. The zero-order chi connectivity index (χ0) is 15.5. The van der Waals surface area contributed by atoms with Crippen molar-refractivity contribution in [3.05, 3.63) is 46.0 Å². The van der Waals surface area contributed by atoms with Gasteiger partial charge in [-0.1, -0.05) is 6.07 Å². The number of likely N-dealkylation sites (tertiary alicyclic amines) is 1. The van der Waals surface area contributed by atoms with Crippen LogP contribution >= 0.6 is 12.4 Å². The highest BCUT2D eigenvalue weighted by Crippen LogP contribution is 2.20. The van der Waals surface area contributed by atoms with E-state index in [2.05, 4.69) is 4.90 Å². The second-order valence-electron chi connectivity index (χ2n) is 6.29. The second-order valence-corrected chi connectivity index (χ2v) is 6.29. The van der Waals surface area contributed by atoms with Crippen LogP contribution < -0.4 is 11.3 Å². The molecule has 2 aromatic heterocycles. The number of nitrogens with zero attached hydrogens (tertiary/aromatic N) is 3. The van der Waals surface area contributed by atoms with Gasteiger partial charge in [0.25, 0.3) is 5.56 Å². The SMILES string of the molecule is Cc1cccn2c(=O)cc(CN3CCCC(CCN)C3)nc12.Cl. The summed E-state index contributed by atoms with van der Waals surface area (Å²) in [6, 6.07) is 5.54. The third-order valence-electron chi connectivity index (χ3n) is 4.50. The lowest BCUT2D eigenvalue weighted by Gasteiger charge is -2.32. The summed E-state index contributed by atoms with van der Waals surface area (Å²) in [6.45, 7) is 5.64. The van der Waals surface area contributed by atoms with Crippen molar-refractivity contribution in [3.8, 4) is 0 Å². The van der Waals surface area contributed by atoms with Gasteiger partial charge < -0.3 is 5.73 Å². The molecule has 126 valence electrons. The van der Waals surface area contributed by atoms with E-state index in [0.29, 0.717) is 5.92 Å². The fraction of sp³-hybridized carbons (Fsp3) is 0.529. The third kappa shape index (κ3) is 4.10. The number of hydrogen-bond donors (Lipinski definition) is 1. The van der Waals surface area contributed by atoms with Crippen molar-refractivity contribution < 1.29 is 0 Å². The standard InChI is InChI=1S/C17H24N4O.ClH/c1-13-4-2-9-21-16(22)10-15(19-17(13)21)12-20-8-3-5-14(11-20)6-7-18;/h2,4,9-10,14H,3,5-8,11-12,18H2,1H3;1H. The maximum Gasteiger partial charge on any atom is 0.258 e. The number of hydrogen-bond acceptors (Lipinski definition) is 4. The lowest BCUT2D eigenvalue weighted by atomic mass is 9.95. The van der Waals surface area contributed by atoms with Crippen LogP contribution in [0.25, 0.3) is 5.65 Å². The van der Waals surface area contributed by atoms with Gasteiger partial charge in [-0.2, -0.15) is 0 Å². The van der Waals surface area contributed by atoms with E-state index in [-0.39, 0.29) is 18.0 Å². The minimum absolute atomic E-state index is 0. The molecule has 2 N–H and O–H groups in total. The van der Waals surface area contributed by atoms with Crippen molar-refractivity contribution >= 4 is 18.1 Å².